The van der Waals surface area contributed by atoms with Crippen LogP contribution in [0, 0.1) is 5.92 Å². The first-order valence-corrected chi connectivity index (χ1v) is 12.5. The molecule has 0 bridgehead atoms. The van der Waals surface area contributed by atoms with Crippen molar-refractivity contribution in [3.63, 3.8) is 0 Å². The van der Waals surface area contributed by atoms with Crippen molar-refractivity contribution in [3.8, 4) is 5.75 Å². The van der Waals surface area contributed by atoms with E-state index in [0.29, 0.717) is 25.6 Å². The molecule has 3 aromatic rings. The number of rotatable bonds is 9. The molecule has 0 aliphatic carbocycles. The van der Waals surface area contributed by atoms with Gasteiger partial charge in [0.25, 0.3) is 0 Å². The zero-order valence-corrected chi connectivity index (χ0v) is 19.7. The fourth-order valence-corrected chi connectivity index (χ4v) is 4.98. The Morgan fingerprint density at radius 1 is 1.06 bits per heavy atom. The molecular weight excluding hydrogens is 428 g/mol. The molecule has 180 valence electrons. The van der Waals surface area contributed by atoms with Crippen LogP contribution < -0.4 is 10.1 Å². The van der Waals surface area contributed by atoms with Crippen molar-refractivity contribution in [1.29, 1.82) is 0 Å². The lowest BCUT2D eigenvalue weighted by Gasteiger charge is -2.32. The molecule has 34 heavy (non-hydrogen) atoms. The monoisotopic (exact) mass is 462 g/mol. The van der Waals surface area contributed by atoms with Gasteiger partial charge in [0.15, 0.2) is 0 Å². The predicted octanol–water partition coefficient (Wildman–Crippen LogP) is 3.62. The van der Waals surface area contributed by atoms with E-state index in [-0.39, 0.29) is 12.0 Å². The van der Waals surface area contributed by atoms with Crippen LogP contribution in [-0.4, -0.2) is 59.2 Å². The van der Waals surface area contributed by atoms with E-state index in [2.05, 4.69) is 33.0 Å². The zero-order chi connectivity index (χ0) is 23.2. The van der Waals surface area contributed by atoms with Gasteiger partial charge >= 0.3 is 0 Å². The largest absolute Gasteiger partial charge is 0.486 e. The molecule has 1 unspecified atom stereocenters. The van der Waals surface area contributed by atoms with Crippen LogP contribution in [0.15, 0.2) is 54.6 Å². The van der Waals surface area contributed by atoms with Crippen LogP contribution in [0.25, 0.3) is 11.0 Å². The summed E-state index contributed by atoms with van der Waals surface area (Å²) in [7, 11) is 0. The van der Waals surface area contributed by atoms with Gasteiger partial charge in [0.1, 0.15) is 18.2 Å². The molecule has 1 atom stereocenters. The summed E-state index contributed by atoms with van der Waals surface area (Å²) in [4.78, 5) is 19.5. The number of amides is 1. The van der Waals surface area contributed by atoms with Crippen LogP contribution in [0.5, 0.6) is 5.75 Å². The molecule has 2 aliphatic rings. The molecule has 1 N–H and O–H groups in total. The van der Waals surface area contributed by atoms with Crippen molar-refractivity contribution in [1.82, 2.24) is 19.8 Å². The maximum absolute atomic E-state index is 12.4. The van der Waals surface area contributed by atoms with E-state index >= 15 is 0 Å². The van der Waals surface area contributed by atoms with Gasteiger partial charge in [-0.3, -0.25) is 9.69 Å². The summed E-state index contributed by atoms with van der Waals surface area (Å²) < 4.78 is 13.9. The van der Waals surface area contributed by atoms with Crippen molar-refractivity contribution < 1.29 is 14.3 Å². The number of nitrogens with one attached hydrogen (secondary N) is 1. The predicted molar refractivity (Wildman–Crippen MR) is 132 cm³/mol. The molecule has 0 spiro atoms. The number of imidazole rings is 1. The fraction of sp³-hybridized carbons (Fsp3) is 0.481. The van der Waals surface area contributed by atoms with Crippen LogP contribution in [0.1, 0.15) is 31.5 Å². The normalized spacial score (nSPS) is 19.5. The number of fused-ring (bicyclic) bond motifs is 1. The molecule has 0 radical (unpaired) electrons. The van der Waals surface area contributed by atoms with Crippen LogP contribution in [0.3, 0.4) is 0 Å². The average Bonchev–Trinajstić information content (AvgIpc) is 3.52. The Morgan fingerprint density at radius 3 is 2.65 bits per heavy atom. The van der Waals surface area contributed by atoms with Gasteiger partial charge in [-0.25, -0.2) is 4.98 Å². The number of aromatic nitrogens is 2. The molecule has 7 heteroatoms. The Bertz CT molecular complexity index is 1070. The molecule has 2 aliphatic heterocycles. The maximum atomic E-state index is 12.4. The third-order valence-electron chi connectivity index (χ3n) is 6.91. The highest BCUT2D eigenvalue weighted by Gasteiger charge is 2.24. The third kappa shape index (κ3) is 5.77. The summed E-state index contributed by atoms with van der Waals surface area (Å²) in [6, 6.07) is 18.2. The minimum absolute atomic E-state index is 0.106. The first kappa shape index (κ1) is 22.9. The number of likely N-dealkylation sites (tertiary alicyclic amines) is 1. The first-order valence-electron chi connectivity index (χ1n) is 12.5. The Kier molecular flexibility index (Phi) is 7.41. The smallest absolute Gasteiger partial charge is 0.234 e. The summed E-state index contributed by atoms with van der Waals surface area (Å²) in [5.74, 6) is 2.47. The van der Waals surface area contributed by atoms with Crippen LogP contribution in [0.2, 0.25) is 0 Å². The number of piperidine rings is 1. The first-order chi connectivity index (χ1) is 16.7. The lowest BCUT2D eigenvalue weighted by Crippen LogP contribution is -2.43. The second-order valence-electron chi connectivity index (χ2n) is 9.39. The molecule has 2 aromatic carbocycles. The number of carbonyl (C=O) groups is 1. The molecule has 1 aromatic heterocycles. The number of carbonyl (C=O) groups excluding carboxylic acids is 1. The summed E-state index contributed by atoms with van der Waals surface area (Å²) in [6.07, 6.45) is 4.49. The maximum Gasteiger partial charge on any atom is 0.234 e. The fourth-order valence-electron chi connectivity index (χ4n) is 4.98. The minimum atomic E-state index is 0.106. The van der Waals surface area contributed by atoms with E-state index in [1.807, 2.05) is 36.4 Å². The van der Waals surface area contributed by atoms with Crippen LogP contribution in [0.4, 0.5) is 0 Å². The summed E-state index contributed by atoms with van der Waals surface area (Å²) in [5.41, 5.74) is 2.17. The number of ether oxygens (including phenoxy) is 2. The number of nitrogens with zero attached hydrogens (tertiary/aromatic N) is 3. The second kappa shape index (κ2) is 11.0. The van der Waals surface area contributed by atoms with Gasteiger partial charge in [0.05, 0.1) is 23.7 Å². The van der Waals surface area contributed by atoms with E-state index in [1.54, 1.807) is 0 Å². The molecular formula is C27H34N4O3. The van der Waals surface area contributed by atoms with E-state index in [0.717, 1.165) is 74.5 Å². The molecule has 7 nitrogen and oxygen atoms in total. The molecule has 5 rings (SSSR count). The number of para-hydroxylation sites is 3. The van der Waals surface area contributed by atoms with E-state index in [9.17, 15) is 4.79 Å². The number of hydrogen-bond donors (Lipinski definition) is 1. The average molecular weight is 463 g/mol. The van der Waals surface area contributed by atoms with Crippen LogP contribution >= 0.6 is 0 Å². The Balaban J connectivity index is 1.16. The van der Waals surface area contributed by atoms with Gasteiger partial charge in [-0.15, -0.1) is 0 Å². The van der Waals surface area contributed by atoms with Gasteiger partial charge in [0, 0.05) is 19.7 Å². The Labute approximate surface area is 201 Å². The highest BCUT2D eigenvalue weighted by Crippen LogP contribution is 2.24. The van der Waals surface area contributed by atoms with Crippen LogP contribution in [-0.2, 0) is 22.7 Å². The quantitative estimate of drug-likeness (QED) is 0.526. The lowest BCUT2D eigenvalue weighted by atomic mass is 9.96. The van der Waals surface area contributed by atoms with Crippen molar-refractivity contribution >= 4 is 16.9 Å². The van der Waals surface area contributed by atoms with E-state index < -0.39 is 0 Å². The van der Waals surface area contributed by atoms with Crippen molar-refractivity contribution in [2.24, 2.45) is 5.92 Å². The van der Waals surface area contributed by atoms with Crippen molar-refractivity contribution in [3.05, 3.63) is 60.4 Å². The summed E-state index contributed by atoms with van der Waals surface area (Å²) in [5, 5.41) is 3.04. The highest BCUT2D eigenvalue weighted by molar-refractivity contribution is 5.78. The van der Waals surface area contributed by atoms with Gasteiger partial charge < -0.3 is 19.4 Å². The van der Waals surface area contributed by atoms with Gasteiger partial charge in [0.2, 0.25) is 5.91 Å². The van der Waals surface area contributed by atoms with Crippen molar-refractivity contribution in [2.45, 2.75) is 44.9 Å². The van der Waals surface area contributed by atoms with Crippen molar-refractivity contribution in [2.75, 3.05) is 32.8 Å². The van der Waals surface area contributed by atoms with Gasteiger partial charge in [-0.2, -0.15) is 0 Å². The zero-order valence-electron chi connectivity index (χ0n) is 19.7. The molecule has 0 saturated carbocycles. The standard InChI is InChI=1S/C27H34N4O3/c32-27(28-17-23-9-6-16-33-23)19-30-14-12-21(13-15-30)18-31-25-11-5-4-10-24(25)29-26(31)20-34-22-7-2-1-3-8-22/h1-5,7-8,10-11,21,23H,6,9,12-20H2,(H,28,32). The third-order valence-corrected chi connectivity index (χ3v) is 6.91. The number of benzene rings is 2. The summed E-state index contributed by atoms with van der Waals surface area (Å²) >= 11 is 0. The van der Waals surface area contributed by atoms with Gasteiger partial charge in [-0.05, 0) is 69.0 Å². The summed E-state index contributed by atoms with van der Waals surface area (Å²) in [6.45, 7) is 5.19. The molecule has 2 saturated heterocycles. The van der Waals surface area contributed by atoms with Gasteiger partial charge in [-0.1, -0.05) is 30.3 Å². The molecule has 1 amide bonds. The van der Waals surface area contributed by atoms with E-state index in [4.69, 9.17) is 14.5 Å². The topological polar surface area (TPSA) is 68.6 Å². The lowest BCUT2D eigenvalue weighted by molar-refractivity contribution is -0.123. The SMILES string of the molecule is O=C(CN1CCC(Cn2c(COc3ccccc3)nc3ccccc32)CC1)NCC1CCCO1. The Morgan fingerprint density at radius 2 is 1.85 bits per heavy atom. The molecule has 2 fully saturated rings. The number of hydrogen-bond acceptors (Lipinski definition) is 5. The van der Waals surface area contributed by atoms with E-state index in [1.165, 1.54) is 0 Å². The molecule has 3 heterocycles. The Hall–Kier alpha value is -2.90. The second-order valence-corrected chi connectivity index (χ2v) is 9.39. The highest BCUT2D eigenvalue weighted by atomic mass is 16.5. The minimum Gasteiger partial charge on any atom is -0.486 e.